The third-order valence-electron chi connectivity index (χ3n) is 4.97. The van der Waals surface area contributed by atoms with Gasteiger partial charge in [0, 0.05) is 45.8 Å². The SMILES string of the molecule is CCNC(=NCCCNC(=O)c1cccs1)N1CCN(c2ccccc2OC)CC1. The van der Waals surface area contributed by atoms with Gasteiger partial charge in [-0.15, -0.1) is 11.3 Å². The predicted octanol–water partition coefficient (Wildman–Crippen LogP) is 2.66. The van der Waals surface area contributed by atoms with Crippen molar-refractivity contribution in [3.8, 4) is 5.75 Å². The lowest BCUT2D eigenvalue weighted by molar-refractivity contribution is 0.0957. The second kappa shape index (κ2) is 11.4. The molecule has 2 heterocycles. The van der Waals surface area contributed by atoms with E-state index in [1.54, 1.807) is 7.11 Å². The summed E-state index contributed by atoms with van der Waals surface area (Å²) in [5.74, 6) is 1.85. The number of carbonyl (C=O) groups is 1. The smallest absolute Gasteiger partial charge is 0.261 e. The molecule has 1 amide bonds. The average molecular weight is 430 g/mol. The maximum Gasteiger partial charge on any atom is 0.261 e. The Morgan fingerprint density at radius 3 is 2.63 bits per heavy atom. The highest BCUT2D eigenvalue weighted by atomic mass is 32.1. The predicted molar refractivity (Wildman–Crippen MR) is 124 cm³/mol. The van der Waals surface area contributed by atoms with Crippen LogP contribution in [-0.2, 0) is 0 Å². The van der Waals surface area contributed by atoms with Crippen molar-refractivity contribution in [3.63, 3.8) is 0 Å². The minimum Gasteiger partial charge on any atom is -0.495 e. The van der Waals surface area contributed by atoms with Crippen molar-refractivity contribution in [1.82, 2.24) is 15.5 Å². The fourth-order valence-corrected chi connectivity index (χ4v) is 4.08. The van der Waals surface area contributed by atoms with E-state index in [0.717, 1.165) is 61.4 Å². The Kier molecular flexibility index (Phi) is 8.38. The van der Waals surface area contributed by atoms with Gasteiger partial charge in [0.25, 0.3) is 5.91 Å². The molecule has 0 spiro atoms. The van der Waals surface area contributed by atoms with Crippen LogP contribution in [0.3, 0.4) is 0 Å². The van der Waals surface area contributed by atoms with Crippen molar-refractivity contribution in [3.05, 3.63) is 46.7 Å². The summed E-state index contributed by atoms with van der Waals surface area (Å²) in [4.78, 5) is 22.2. The molecular weight excluding hydrogens is 398 g/mol. The number of nitrogens with one attached hydrogen (secondary N) is 2. The number of piperazine rings is 1. The number of benzene rings is 1. The molecule has 2 aromatic rings. The Morgan fingerprint density at radius 1 is 1.13 bits per heavy atom. The highest BCUT2D eigenvalue weighted by molar-refractivity contribution is 7.12. The van der Waals surface area contributed by atoms with Crippen LogP contribution in [0.2, 0.25) is 0 Å². The Morgan fingerprint density at radius 2 is 1.93 bits per heavy atom. The van der Waals surface area contributed by atoms with Crippen molar-refractivity contribution in [2.75, 3.05) is 57.8 Å². The second-order valence-corrected chi connectivity index (χ2v) is 7.92. The highest BCUT2D eigenvalue weighted by Crippen LogP contribution is 2.28. The van der Waals surface area contributed by atoms with E-state index in [1.165, 1.54) is 11.3 Å². The second-order valence-electron chi connectivity index (χ2n) is 6.97. The first-order valence-electron chi connectivity index (χ1n) is 10.5. The summed E-state index contributed by atoms with van der Waals surface area (Å²) >= 11 is 1.46. The molecule has 1 fully saturated rings. The highest BCUT2D eigenvalue weighted by Gasteiger charge is 2.21. The lowest BCUT2D eigenvalue weighted by atomic mass is 10.2. The van der Waals surface area contributed by atoms with Crippen LogP contribution in [0.5, 0.6) is 5.75 Å². The zero-order valence-corrected chi connectivity index (χ0v) is 18.6. The van der Waals surface area contributed by atoms with Gasteiger partial charge in [0.05, 0.1) is 17.7 Å². The maximum absolute atomic E-state index is 12.0. The number of carbonyl (C=O) groups excluding carboxylic acids is 1. The molecule has 0 radical (unpaired) electrons. The number of guanidine groups is 1. The van der Waals surface area contributed by atoms with Crippen LogP contribution in [0.25, 0.3) is 0 Å². The van der Waals surface area contributed by atoms with E-state index >= 15 is 0 Å². The van der Waals surface area contributed by atoms with Crippen LogP contribution in [0.1, 0.15) is 23.0 Å². The molecule has 0 aliphatic carbocycles. The number of para-hydroxylation sites is 2. The summed E-state index contributed by atoms with van der Waals surface area (Å²) in [7, 11) is 1.72. The fourth-order valence-electron chi connectivity index (χ4n) is 3.44. The minimum atomic E-state index is -0.00616. The summed E-state index contributed by atoms with van der Waals surface area (Å²) in [6, 6.07) is 11.9. The summed E-state index contributed by atoms with van der Waals surface area (Å²) in [5, 5.41) is 8.27. The van der Waals surface area contributed by atoms with Gasteiger partial charge in [-0.3, -0.25) is 9.79 Å². The first-order valence-corrected chi connectivity index (χ1v) is 11.3. The normalized spacial score (nSPS) is 14.5. The van der Waals surface area contributed by atoms with Crippen LogP contribution in [0.4, 0.5) is 5.69 Å². The van der Waals surface area contributed by atoms with Gasteiger partial charge in [-0.05, 0) is 36.9 Å². The lowest BCUT2D eigenvalue weighted by Gasteiger charge is -2.38. The van der Waals surface area contributed by atoms with E-state index in [-0.39, 0.29) is 5.91 Å². The van der Waals surface area contributed by atoms with Crippen LogP contribution in [0.15, 0.2) is 46.8 Å². The van der Waals surface area contributed by atoms with Crippen LogP contribution >= 0.6 is 11.3 Å². The number of thiophene rings is 1. The number of nitrogens with zero attached hydrogens (tertiary/aromatic N) is 3. The largest absolute Gasteiger partial charge is 0.495 e. The number of anilines is 1. The molecule has 0 unspecified atom stereocenters. The van der Waals surface area contributed by atoms with E-state index in [1.807, 2.05) is 35.7 Å². The molecule has 162 valence electrons. The number of aliphatic imine (C=N–C) groups is 1. The van der Waals surface area contributed by atoms with Gasteiger partial charge in [0.2, 0.25) is 0 Å². The topological polar surface area (TPSA) is 69.2 Å². The summed E-state index contributed by atoms with van der Waals surface area (Å²) in [6.07, 6.45) is 0.813. The van der Waals surface area contributed by atoms with Gasteiger partial charge in [0.1, 0.15) is 5.75 Å². The number of rotatable bonds is 8. The van der Waals surface area contributed by atoms with Crippen LogP contribution in [-0.4, -0.2) is 69.7 Å². The van der Waals surface area contributed by atoms with Crippen molar-refractivity contribution in [1.29, 1.82) is 0 Å². The number of ether oxygens (including phenoxy) is 1. The van der Waals surface area contributed by atoms with Gasteiger partial charge in [-0.1, -0.05) is 18.2 Å². The van der Waals surface area contributed by atoms with Crippen molar-refractivity contribution in [2.45, 2.75) is 13.3 Å². The summed E-state index contributed by atoms with van der Waals surface area (Å²) < 4.78 is 5.51. The van der Waals surface area contributed by atoms with Gasteiger partial charge in [-0.25, -0.2) is 0 Å². The Labute approximate surface area is 182 Å². The lowest BCUT2D eigenvalue weighted by Crippen LogP contribution is -2.52. The molecule has 0 saturated carbocycles. The van der Waals surface area contributed by atoms with E-state index in [4.69, 9.17) is 9.73 Å². The average Bonchev–Trinajstić information content (AvgIpc) is 3.33. The Bertz CT molecular complexity index is 817. The monoisotopic (exact) mass is 429 g/mol. The quantitative estimate of drug-likeness (QED) is 0.384. The number of amides is 1. The van der Waals surface area contributed by atoms with Gasteiger partial charge in [0.15, 0.2) is 5.96 Å². The van der Waals surface area contributed by atoms with E-state index < -0.39 is 0 Å². The molecular formula is C22H31N5O2S. The molecule has 0 bridgehead atoms. The van der Waals surface area contributed by atoms with Crippen molar-refractivity contribution in [2.24, 2.45) is 4.99 Å². The fraction of sp³-hybridized carbons (Fsp3) is 0.455. The third-order valence-corrected chi connectivity index (χ3v) is 5.84. The molecule has 8 heteroatoms. The van der Waals surface area contributed by atoms with Crippen LogP contribution in [0, 0.1) is 0 Å². The molecule has 3 rings (SSSR count). The minimum absolute atomic E-state index is 0.00616. The first-order chi connectivity index (χ1) is 14.7. The Hall–Kier alpha value is -2.74. The molecule has 1 saturated heterocycles. The summed E-state index contributed by atoms with van der Waals surface area (Å²) in [5.41, 5.74) is 1.14. The van der Waals surface area contributed by atoms with Crippen molar-refractivity contribution >= 4 is 28.9 Å². The zero-order valence-electron chi connectivity index (χ0n) is 17.8. The molecule has 2 N–H and O–H groups in total. The van der Waals surface area contributed by atoms with E-state index in [0.29, 0.717) is 13.1 Å². The molecule has 0 atom stereocenters. The standard InChI is InChI=1S/C22H31N5O2S/c1-3-23-22(25-12-7-11-24-21(28)20-10-6-17-30-20)27-15-13-26(14-16-27)18-8-4-5-9-19(18)29-2/h4-6,8-10,17H,3,7,11-16H2,1-2H3,(H,23,25)(H,24,28). The molecule has 1 aromatic carbocycles. The van der Waals surface area contributed by atoms with Crippen LogP contribution < -0.4 is 20.3 Å². The molecule has 30 heavy (non-hydrogen) atoms. The Balaban J connectivity index is 1.47. The summed E-state index contributed by atoms with van der Waals surface area (Å²) in [6.45, 7) is 7.87. The van der Waals surface area contributed by atoms with Gasteiger partial charge in [-0.2, -0.15) is 0 Å². The molecule has 1 aliphatic rings. The number of methoxy groups -OCH3 is 1. The van der Waals surface area contributed by atoms with E-state index in [9.17, 15) is 4.79 Å². The zero-order chi connectivity index (χ0) is 21.2. The van der Waals surface area contributed by atoms with Crippen molar-refractivity contribution < 1.29 is 9.53 Å². The molecule has 1 aromatic heterocycles. The molecule has 1 aliphatic heterocycles. The molecule has 7 nitrogen and oxygen atoms in total. The first kappa shape index (κ1) is 22.0. The number of hydrogen-bond donors (Lipinski definition) is 2. The maximum atomic E-state index is 12.0. The van der Waals surface area contributed by atoms with E-state index in [2.05, 4.69) is 33.4 Å². The third kappa shape index (κ3) is 5.89. The van der Waals surface area contributed by atoms with Gasteiger partial charge >= 0.3 is 0 Å². The van der Waals surface area contributed by atoms with Gasteiger partial charge < -0.3 is 25.2 Å². The number of hydrogen-bond acceptors (Lipinski definition) is 5.